The largest absolute Gasteiger partial charge is 0.497 e. The summed E-state index contributed by atoms with van der Waals surface area (Å²) < 4.78 is 10.7. The predicted molar refractivity (Wildman–Crippen MR) is 79.8 cm³/mol. The summed E-state index contributed by atoms with van der Waals surface area (Å²) in [6.07, 6.45) is 0. The fraction of sp³-hybridized carbons (Fsp3) is 0.308. The standard InChI is InChI=1S/C13H15N3O4S/c1-3-20-11(17)7-14-12(18)16-13-15-9-5-4-8(19-2)6-10(9)21-13/h4-6H,3,7H2,1-2H3,(H2,14,15,16,18). The number of anilines is 1. The molecule has 0 aliphatic heterocycles. The van der Waals surface area contributed by atoms with Gasteiger partial charge in [-0.1, -0.05) is 11.3 Å². The molecule has 0 fully saturated rings. The molecule has 1 aromatic carbocycles. The molecule has 0 spiro atoms. The number of carbonyl (C=O) groups excluding carboxylic acids is 2. The van der Waals surface area contributed by atoms with Crippen LogP contribution in [0.25, 0.3) is 10.2 Å². The number of rotatable bonds is 5. The van der Waals surface area contributed by atoms with Gasteiger partial charge in [0.15, 0.2) is 5.13 Å². The highest BCUT2D eigenvalue weighted by Crippen LogP contribution is 2.28. The van der Waals surface area contributed by atoms with Gasteiger partial charge in [0.2, 0.25) is 0 Å². The number of urea groups is 1. The monoisotopic (exact) mass is 309 g/mol. The minimum absolute atomic E-state index is 0.182. The van der Waals surface area contributed by atoms with Crippen molar-refractivity contribution in [1.82, 2.24) is 10.3 Å². The van der Waals surface area contributed by atoms with Crippen LogP contribution in [0.5, 0.6) is 5.75 Å². The Morgan fingerprint density at radius 3 is 2.90 bits per heavy atom. The Labute approximate surface area is 125 Å². The molecule has 112 valence electrons. The van der Waals surface area contributed by atoms with E-state index in [1.807, 2.05) is 12.1 Å². The number of aromatic nitrogens is 1. The Morgan fingerprint density at radius 1 is 1.38 bits per heavy atom. The van der Waals surface area contributed by atoms with Crippen molar-refractivity contribution in [2.45, 2.75) is 6.92 Å². The molecule has 0 unspecified atom stereocenters. The van der Waals surface area contributed by atoms with Gasteiger partial charge in [-0.3, -0.25) is 10.1 Å². The average Bonchev–Trinajstić information content (AvgIpc) is 2.86. The van der Waals surface area contributed by atoms with Gasteiger partial charge in [-0.25, -0.2) is 9.78 Å². The Bertz CT molecular complexity index is 656. The molecule has 0 radical (unpaired) electrons. The van der Waals surface area contributed by atoms with Crippen molar-refractivity contribution >= 4 is 38.7 Å². The van der Waals surface area contributed by atoms with Gasteiger partial charge >= 0.3 is 12.0 Å². The lowest BCUT2D eigenvalue weighted by Crippen LogP contribution is -2.34. The van der Waals surface area contributed by atoms with E-state index in [-0.39, 0.29) is 13.2 Å². The van der Waals surface area contributed by atoms with Crippen LogP contribution in [0, 0.1) is 0 Å². The number of amides is 2. The number of nitrogens with one attached hydrogen (secondary N) is 2. The maximum Gasteiger partial charge on any atom is 0.325 e. The fourth-order valence-corrected chi connectivity index (χ4v) is 2.48. The second-order valence-corrected chi connectivity index (χ2v) is 5.00. The summed E-state index contributed by atoms with van der Waals surface area (Å²) in [5.41, 5.74) is 0.765. The zero-order valence-electron chi connectivity index (χ0n) is 11.6. The first-order valence-electron chi connectivity index (χ1n) is 6.27. The van der Waals surface area contributed by atoms with Gasteiger partial charge in [0.1, 0.15) is 12.3 Å². The second-order valence-electron chi connectivity index (χ2n) is 3.97. The Kier molecular flexibility index (Phi) is 4.94. The predicted octanol–water partition coefficient (Wildman–Crippen LogP) is 1.99. The van der Waals surface area contributed by atoms with E-state index in [9.17, 15) is 9.59 Å². The summed E-state index contributed by atoms with van der Waals surface area (Å²) in [6, 6.07) is 4.95. The number of methoxy groups -OCH3 is 1. The van der Waals surface area contributed by atoms with E-state index in [0.29, 0.717) is 5.13 Å². The van der Waals surface area contributed by atoms with E-state index in [4.69, 9.17) is 9.47 Å². The number of hydrogen-bond donors (Lipinski definition) is 2. The molecular weight excluding hydrogens is 294 g/mol. The van der Waals surface area contributed by atoms with Crippen LogP contribution < -0.4 is 15.4 Å². The van der Waals surface area contributed by atoms with Crippen LogP contribution in [0.4, 0.5) is 9.93 Å². The van der Waals surface area contributed by atoms with Crippen molar-refractivity contribution < 1.29 is 19.1 Å². The van der Waals surface area contributed by atoms with Crippen LogP contribution in [0.15, 0.2) is 18.2 Å². The summed E-state index contributed by atoms with van der Waals surface area (Å²) in [4.78, 5) is 27.0. The lowest BCUT2D eigenvalue weighted by molar-refractivity contribution is -0.141. The lowest BCUT2D eigenvalue weighted by Gasteiger charge is -2.04. The van der Waals surface area contributed by atoms with E-state index in [1.54, 1.807) is 20.1 Å². The maximum atomic E-state index is 11.6. The van der Waals surface area contributed by atoms with E-state index < -0.39 is 12.0 Å². The first-order chi connectivity index (χ1) is 10.1. The van der Waals surface area contributed by atoms with Crippen LogP contribution in [-0.2, 0) is 9.53 Å². The Hall–Kier alpha value is -2.35. The molecule has 2 rings (SSSR count). The van der Waals surface area contributed by atoms with Crippen molar-refractivity contribution in [2.75, 3.05) is 25.6 Å². The number of esters is 1. The molecule has 1 heterocycles. The molecule has 1 aromatic heterocycles. The first-order valence-corrected chi connectivity index (χ1v) is 7.09. The van der Waals surface area contributed by atoms with Gasteiger partial charge in [-0.05, 0) is 25.1 Å². The SMILES string of the molecule is CCOC(=O)CNC(=O)Nc1nc2ccc(OC)cc2s1. The summed E-state index contributed by atoms with van der Waals surface area (Å²) in [5.74, 6) is 0.242. The fourth-order valence-electron chi connectivity index (χ4n) is 1.59. The summed E-state index contributed by atoms with van der Waals surface area (Å²) in [7, 11) is 1.59. The van der Waals surface area contributed by atoms with Gasteiger partial charge in [0.25, 0.3) is 0 Å². The molecule has 8 heteroatoms. The van der Waals surface area contributed by atoms with Crippen LogP contribution >= 0.6 is 11.3 Å². The zero-order valence-corrected chi connectivity index (χ0v) is 12.5. The van der Waals surface area contributed by atoms with Gasteiger partial charge in [0.05, 0.1) is 23.9 Å². The number of thiazole rings is 1. The molecule has 0 aliphatic carbocycles. The Morgan fingerprint density at radius 2 is 2.19 bits per heavy atom. The molecule has 0 saturated heterocycles. The topological polar surface area (TPSA) is 89.5 Å². The molecule has 0 aliphatic rings. The first kappa shape index (κ1) is 15.0. The molecule has 0 saturated carbocycles. The Balaban J connectivity index is 1.96. The lowest BCUT2D eigenvalue weighted by atomic mass is 10.3. The third-order valence-electron chi connectivity index (χ3n) is 2.51. The van der Waals surface area contributed by atoms with E-state index in [0.717, 1.165) is 16.0 Å². The normalized spacial score (nSPS) is 10.2. The van der Waals surface area contributed by atoms with E-state index in [1.165, 1.54) is 11.3 Å². The van der Waals surface area contributed by atoms with Crippen molar-refractivity contribution in [2.24, 2.45) is 0 Å². The minimum atomic E-state index is -0.505. The highest BCUT2D eigenvalue weighted by molar-refractivity contribution is 7.22. The van der Waals surface area contributed by atoms with Crippen LogP contribution in [0.2, 0.25) is 0 Å². The summed E-state index contributed by atoms with van der Waals surface area (Å²) in [6.45, 7) is 1.80. The van der Waals surface area contributed by atoms with Crippen molar-refractivity contribution in [3.8, 4) is 5.75 Å². The average molecular weight is 309 g/mol. The number of benzene rings is 1. The van der Waals surface area contributed by atoms with Crippen molar-refractivity contribution in [3.05, 3.63) is 18.2 Å². The molecule has 21 heavy (non-hydrogen) atoms. The quantitative estimate of drug-likeness (QED) is 0.824. The molecular formula is C13H15N3O4S. The van der Waals surface area contributed by atoms with Crippen molar-refractivity contribution in [1.29, 1.82) is 0 Å². The van der Waals surface area contributed by atoms with Gasteiger partial charge < -0.3 is 14.8 Å². The summed E-state index contributed by atoms with van der Waals surface area (Å²) in [5, 5.41) is 5.42. The third kappa shape index (κ3) is 4.06. The van der Waals surface area contributed by atoms with Crippen LogP contribution in [-0.4, -0.2) is 37.2 Å². The molecule has 2 amide bonds. The molecule has 0 atom stereocenters. The molecule has 2 aromatic rings. The number of carbonyl (C=O) groups is 2. The smallest absolute Gasteiger partial charge is 0.325 e. The highest BCUT2D eigenvalue weighted by atomic mass is 32.1. The van der Waals surface area contributed by atoms with E-state index >= 15 is 0 Å². The number of ether oxygens (including phenoxy) is 2. The second kappa shape index (κ2) is 6.89. The number of fused-ring (bicyclic) bond motifs is 1. The highest BCUT2D eigenvalue weighted by Gasteiger charge is 2.10. The molecule has 7 nitrogen and oxygen atoms in total. The maximum absolute atomic E-state index is 11.6. The van der Waals surface area contributed by atoms with Gasteiger partial charge in [-0.2, -0.15) is 0 Å². The number of hydrogen-bond acceptors (Lipinski definition) is 6. The third-order valence-corrected chi connectivity index (χ3v) is 3.45. The zero-order chi connectivity index (χ0) is 15.2. The summed E-state index contributed by atoms with van der Waals surface area (Å²) >= 11 is 1.32. The van der Waals surface area contributed by atoms with Gasteiger partial charge in [0, 0.05) is 0 Å². The molecule has 0 bridgehead atoms. The van der Waals surface area contributed by atoms with Crippen LogP contribution in [0.3, 0.4) is 0 Å². The van der Waals surface area contributed by atoms with E-state index in [2.05, 4.69) is 15.6 Å². The van der Waals surface area contributed by atoms with Crippen LogP contribution in [0.1, 0.15) is 6.92 Å². The minimum Gasteiger partial charge on any atom is -0.497 e. The van der Waals surface area contributed by atoms with Crippen molar-refractivity contribution in [3.63, 3.8) is 0 Å². The number of nitrogens with zero attached hydrogens (tertiary/aromatic N) is 1. The molecule has 2 N–H and O–H groups in total. The van der Waals surface area contributed by atoms with Gasteiger partial charge in [-0.15, -0.1) is 0 Å².